The van der Waals surface area contributed by atoms with Crippen LogP contribution in [0.25, 0.3) is 0 Å². The largest absolute Gasteiger partial charge is 0.376 e. The van der Waals surface area contributed by atoms with Crippen LogP contribution in [0.1, 0.15) is 18.4 Å². The van der Waals surface area contributed by atoms with Gasteiger partial charge in [0.15, 0.2) is 0 Å². The third-order valence-corrected chi connectivity index (χ3v) is 5.70. The van der Waals surface area contributed by atoms with Crippen molar-refractivity contribution in [1.82, 2.24) is 10.4 Å². The van der Waals surface area contributed by atoms with Crippen LogP contribution in [-0.2, 0) is 16.0 Å². The molecule has 2 amide bonds. The Morgan fingerprint density at radius 1 is 1.19 bits per heavy atom. The first-order valence-electron chi connectivity index (χ1n) is 10.1. The van der Waals surface area contributed by atoms with Crippen molar-refractivity contribution in [2.45, 2.75) is 19.3 Å². The summed E-state index contributed by atoms with van der Waals surface area (Å²) in [5, 5.41) is 4.99. The van der Waals surface area contributed by atoms with Gasteiger partial charge in [0.1, 0.15) is 11.6 Å². The third-order valence-electron chi connectivity index (χ3n) is 5.12. The van der Waals surface area contributed by atoms with E-state index in [1.165, 1.54) is 22.0 Å². The van der Waals surface area contributed by atoms with Crippen LogP contribution < -0.4 is 15.6 Å². The molecule has 6 nitrogen and oxygen atoms in total. The van der Waals surface area contributed by atoms with Gasteiger partial charge in [-0.1, -0.05) is 29.3 Å². The quantitative estimate of drug-likeness (QED) is 0.576. The van der Waals surface area contributed by atoms with Crippen LogP contribution in [0.2, 0.25) is 10.0 Å². The zero-order chi connectivity index (χ0) is 23.4. The van der Waals surface area contributed by atoms with Gasteiger partial charge in [-0.25, -0.2) is 13.8 Å². The van der Waals surface area contributed by atoms with E-state index in [4.69, 9.17) is 23.2 Å². The lowest BCUT2D eigenvalue weighted by atomic mass is 9.90. The maximum absolute atomic E-state index is 14.1. The van der Waals surface area contributed by atoms with Crippen LogP contribution >= 0.6 is 23.2 Å². The van der Waals surface area contributed by atoms with Crippen molar-refractivity contribution in [2.24, 2.45) is 5.92 Å². The molecule has 3 rings (SSSR count). The van der Waals surface area contributed by atoms with E-state index in [-0.39, 0.29) is 40.7 Å². The van der Waals surface area contributed by atoms with E-state index < -0.39 is 11.6 Å². The Morgan fingerprint density at radius 3 is 2.50 bits per heavy atom. The van der Waals surface area contributed by atoms with Crippen LogP contribution in [0.3, 0.4) is 0 Å². The summed E-state index contributed by atoms with van der Waals surface area (Å²) >= 11 is 12.9. The molecule has 0 aromatic heterocycles. The molecule has 10 heteroatoms. The number of halogens is 4. The number of hydrogen-bond acceptors (Lipinski definition) is 4. The summed E-state index contributed by atoms with van der Waals surface area (Å²) in [5.41, 5.74) is 3.92. The number of rotatable bonds is 7. The van der Waals surface area contributed by atoms with Gasteiger partial charge in [-0.2, -0.15) is 0 Å². The summed E-state index contributed by atoms with van der Waals surface area (Å²) in [6.07, 6.45) is 1.22. The lowest BCUT2D eigenvalue weighted by molar-refractivity contribution is -0.123. The minimum Gasteiger partial charge on any atom is -0.376 e. The van der Waals surface area contributed by atoms with Crippen molar-refractivity contribution in [3.8, 4) is 0 Å². The number of carbonyl (C=O) groups excluding carboxylic acids is 2. The first kappa shape index (κ1) is 24.2. The number of hydrogen-bond donors (Lipinski definition) is 2. The average Bonchev–Trinajstić information content (AvgIpc) is 2.70. The molecule has 2 N–H and O–H groups in total. The summed E-state index contributed by atoms with van der Waals surface area (Å²) in [6, 6.07) is 6.71. The summed E-state index contributed by atoms with van der Waals surface area (Å²) < 4.78 is 27.3. The molecule has 1 unspecified atom stereocenters. The summed E-state index contributed by atoms with van der Waals surface area (Å²) in [4.78, 5) is 25.9. The zero-order valence-corrected chi connectivity index (χ0v) is 19.2. The molecule has 0 saturated carbocycles. The van der Waals surface area contributed by atoms with E-state index in [9.17, 15) is 18.4 Å². The van der Waals surface area contributed by atoms with Gasteiger partial charge < -0.3 is 10.2 Å². The summed E-state index contributed by atoms with van der Waals surface area (Å²) in [5.74, 6) is -1.63. The Bertz CT molecular complexity index is 996. The number of anilines is 2. The fourth-order valence-electron chi connectivity index (χ4n) is 3.69. The molecule has 172 valence electrons. The van der Waals surface area contributed by atoms with Gasteiger partial charge >= 0.3 is 0 Å². The van der Waals surface area contributed by atoms with E-state index in [2.05, 4.69) is 10.7 Å². The van der Waals surface area contributed by atoms with Crippen molar-refractivity contribution in [3.63, 3.8) is 0 Å². The van der Waals surface area contributed by atoms with Gasteiger partial charge in [0, 0.05) is 38.8 Å². The number of carbonyl (C=O) groups is 2. The van der Waals surface area contributed by atoms with E-state index in [0.717, 1.165) is 6.07 Å². The zero-order valence-electron chi connectivity index (χ0n) is 17.7. The molecule has 0 radical (unpaired) electrons. The Kier molecular flexibility index (Phi) is 7.92. The molecular weight excluding hydrogens is 461 g/mol. The fourth-order valence-corrected chi connectivity index (χ4v) is 4.38. The lowest BCUT2D eigenvalue weighted by Crippen LogP contribution is -2.41. The van der Waals surface area contributed by atoms with E-state index >= 15 is 0 Å². The molecule has 1 saturated heterocycles. The molecular formula is C22H24Cl2F2N4O2. The molecule has 32 heavy (non-hydrogen) atoms. The van der Waals surface area contributed by atoms with Gasteiger partial charge in [0.2, 0.25) is 5.91 Å². The predicted octanol–water partition coefficient (Wildman–Crippen LogP) is 4.26. The number of hydrazine groups is 1. The Labute approximate surface area is 195 Å². The van der Waals surface area contributed by atoms with E-state index in [1.807, 2.05) is 0 Å². The minimum absolute atomic E-state index is 0.0120. The summed E-state index contributed by atoms with van der Waals surface area (Å²) in [7, 11) is 3.40. The first-order valence-corrected chi connectivity index (χ1v) is 10.8. The van der Waals surface area contributed by atoms with E-state index in [1.54, 1.807) is 26.2 Å². The van der Waals surface area contributed by atoms with Gasteiger partial charge in [-0.3, -0.25) is 15.0 Å². The Balaban J connectivity index is 1.73. The maximum atomic E-state index is 14.1. The number of amides is 2. The van der Waals surface area contributed by atoms with Gasteiger partial charge in [-0.15, -0.1) is 0 Å². The van der Waals surface area contributed by atoms with Crippen molar-refractivity contribution < 1.29 is 18.4 Å². The first-order chi connectivity index (χ1) is 15.1. The third kappa shape index (κ3) is 6.09. The van der Waals surface area contributed by atoms with Crippen molar-refractivity contribution in [3.05, 3.63) is 57.6 Å². The highest BCUT2D eigenvalue weighted by Crippen LogP contribution is 2.39. The highest BCUT2D eigenvalue weighted by molar-refractivity contribution is 6.40. The normalized spacial score (nSPS) is 16.4. The van der Waals surface area contributed by atoms with Crippen LogP contribution in [0, 0.1) is 17.6 Å². The predicted molar refractivity (Wildman–Crippen MR) is 122 cm³/mol. The number of piperidine rings is 1. The SMILES string of the molecule is CN(C)NC(=O)CNc1cc(Cl)c(N2CC(Cc3ccc(F)cc3F)CCC2=O)c(Cl)c1. The minimum atomic E-state index is -0.627. The molecule has 1 aliphatic heterocycles. The van der Waals surface area contributed by atoms with Crippen molar-refractivity contribution in [2.75, 3.05) is 37.4 Å². The Morgan fingerprint density at radius 2 is 1.88 bits per heavy atom. The molecule has 0 spiro atoms. The number of benzene rings is 2. The monoisotopic (exact) mass is 484 g/mol. The van der Waals surface area contributed by atoms with Crippen LogP contribution in [-0.4, -0.2) is 44.0 Å². The van der Waals surface area contributed by atoms with E-state index in [0.29, 0.717) is 36.3 Å². The second kappa shape index (κ2) is 10.5. The average molecular weight is 485 g/mol. The number of nitrogens with zero attached hydrogens (tertiary/aromatic N) is 2. The smallest absolute Gasteiger partial charge is 0.253 e. The molecule has 1 fully saturated rings. The van der Waals surface area contributed by atoms with Crippen molar-refractivity contribution in [1.29, 1.82) is 0 Å². The summed E-state index contributed by atoms with van der Waals surface area (Å²) in [6.45, 7) is 0.325. The Hall–Kier alpha value is -2.42. The van der Waals surface area contributed by atoms with Gasteiger partial charge in [-0.05, 0) is 42.5 Å². The van der Waals surface area contributed by atoms with Crippen molar-refractivity contribution >= 4 is 46.4 Å². The second-order valence-electron chi connectivity index (χ2n) is 7.92. The standard InChI is InChI=1S/C22H24Cl2F2N4O2/c1-29(2)28-20(31)11-27-16-9-17(23)22(18(24)10-16)30-12-13(3-6-21(30)32)7-14-4-5-15(25)8-19(14)26/h4-5,8-10,13,27H,3,6-7,11-12H2,1-2H3,(H,28,31). The molecule has 0 aliphatic carbocycles. The van der Waals surface area contributed by atoms with Crippen LogP contribution in [0.4, 0.5) is 20.2 Å². The fraction of sp³-hybridized carbons (Fsp3) is 0.364. The highest BCUT2D eigenvalue weighted by Gasteiger charge is 2.30. The molecule has 1 heterocycles. The second-order valence-corrected chi connectivity index (χ2v) is 8.73. The van der Waals surface area contributed by atoms with Gasteiger partial charge in [0.05, 0.1) is 22.3 Å². The molecule has 2 aromatic rings. The highest BCUT2D eigenvalue weighted by atomic mass is 35.5. The lowest BCUT2D eigenvalue weighted by Gasteiger charge is -2.34. The van der Waals surface area contributed by atoms with Crippen LogP contribution in [0.15, 0.2) is 30.3 Å². The molecule has 2 aromatic carbocycles. The topological polar surface area (TPSA) is 64.7 Å². The number of nitrogens with one attached hydrogen (secondary N) is 2. The van der Waals surface area contributed by atoms with Crippen LogP contribution in [0.5, 0.6) is 0 Å². The molecule has 1 atom stereocenters. The molecule has 0 bridgehead atoms. The maximum Gasteiger partial charge on any atom is 0.253 e. The van der Waals surface area contributed by atoms with Gasteiger partial charge in [0.25, 0.3) is 5.91 Å². The molecule has 1 aliphatic rings.